The van der Waals surface area contributed by atoms with Crippen molar-refractivity contribution < 1.29 is 26.7 Å². The quantitative estimate of drug-likeness (QED) is 0.773. The van der Waals surface area contributed by atoms with Gasteiger partial charge in [-0.2, -0.15) is 0 Å². The molecule has 0 spiro atoms. The second-order valence-corrected chi connectivity index (χ2v) is 6.28. The van der Waals surface area contributed by atoms with Gasteiger partial charge >= 0.3 is 0 Å². The lowest BCUT2D eigenvalue weighted by molar-refractivity contribution is -0.0959. The molecule has 148 valence electrons. The lowest BCUT2D eigenvalue weighted by Crippen LogP contribution is -2.51. The van der Waals surface area contributed by atoms with Gasteiger partial charge in [-0.15, -0.1) is 0 Å². The molecule has 1 aromatic carbocycles. The highest BCUT2D eigenvalue weighted by molar-refractivity contribution is 6.03. The summed E-state index contributed by atoms with van der Waals surface area (Å²) in [7, 11) is 0. The zero-order valence-corrected chi connectivity index (χ0v) is 14.4. The maximum atomic E-state index is 14.6. The van der Waals surface area contributed by atoms with Crippen LogP contribution in [0.1, 0.15) is 28.9 Å². The number of pyridine rings is 1. The molecule has 1 amide bonds. The Labute approximate surface area is 156 Å². The first kappa shape index (κ1) is 19.7. The molecule has 1 atom stereocenters. The van der Waals surface area contributed by atoms with Gasteiger partial charge in [0, 0.05) is 30.3 Å². The third kappa shape index (κ3) is 3.30. The summed E-state index contributed by atoms with van der Waals surface area (Å²) in [6.45, 7) is -1.70. The molecule has 3 N–H and O–H groups in total. The van der Waals surface area contributed by atoms with E-state index in [0.717, 1.165) is 24.3 Å². The van der Waals surface area contributed by atoms with Crippen LogP contribution in [0.3, 0.4) is 0 Å². The van der Waals surface area contributed by atoms with Gasteiger partial charge in [-0.25, -0.2) is 26.9 Å². The minimum atomic E-state index is -3.71. The molecule has 10 heteroatoms. The molecule has 0 radical (unpaired) electrons. The van der Waals surface area contributed by atoms with Crippen LogP contribution in [0.25, 0.3) is 0 Å². The molecule has 1 aliphatic rings. The number of hydrogen-bond acceptors (Lipinski definition) is 4. The summed E-state index contributed by atoms with van der Waals surface area (Å²) in [5, 5.41) is 2.23. The minimum Gasteiger partial charge on any atom is -0.387 e. The number of aliphatic imine (C=N–C) groups is 1. The first-order chi connectivity index (χ1) is 13.2. The van der Waals surface area contributed by atoms with Crippen molar-refractivity contribution >= 4 is 17.4 Å². The lowest BCUT2D eigenvalue weighted by atomic mass is 9.80. The van der Waals surface area contributed by atoms with Gasteiger partial charge in [0.1, 0.15) is 12.5 Å². The molecule has 3 rings (SSSR count). The molecule has 2 aromatic rings. The first-order valence-corrected chi connectivity index (χ1v) is 8.20. The summed E-state index contributed by atoms with van der Waals surface area (Å²) >= 11 is 0. The second-order valence-electron chi connectivity index (χ2n) is 6.28. The van der Waals surface area contributed by atoms with E-state index in [9.17, 15) is 26.7 Å². The Kier molecular flexibility index (Phi) is 5.05. The highest BCUT2D eigenvalue weighted by Crippen LogP contribution is 2.48. The number of nitrogens with zero attached hydrogens (tertiary/aromatic N) is 2. The molecule has 1 aliphatic heterocycles. The van der Waals surface area contributed by atoms with Crippen LogP contribution in [0.5, 0.6) is 0 Å². The van der Waals surface area contributed by atoms with E-state index in [0.29, 0.717) is 0 Å². The number of aromatic nitrogens is 1. The third-order valence-corrected chi connectivity index (χ3v) is 4.47. The van der Waals surface area contributed by atoms with Crippen LogP contribution >= 0.6 is 0 Å². The summed E-state index contributed by atoms with van der Waals surface area (Å²) in [6.07, 6.45) is 0.124. The van der Waals surface area contributed by atoms with Crippen molar-refractivity contribution in [3.8, 4) is 0 Å². The van der Waals surface area contributed by atoms with Gasteiger partial charge < -0.3 is 11.1 Å². The Hall–Kier alpha value is -3.04. The molecule has 28 heavy (non-hydrogen) atoms. The standard InChI is InChI=1S/C18H15F5N4O/c19-9-17(18(22,23)6-5-14(24)27-17)11-8-10(3-4-12(11)20)26-16(28)15-13(21)2-1-7-25-15/h1-4,7-8H,5-6,9H2,(H2,24,27)(H,26,28)/t17-/m1/s1. The number of nitrogens with one attached hydrogen (secondary N) is 1. The average Bonchev–Trinajstić information content (AvgIpc) is 2.65. The highest BCUT2D eigenvalue weighted by atomic mass is 19.3. The van der Waals surface area contributed by atoms with Crippen molar-refractivity contribution in [2.45, 2.75) is 24.3 Å². The smallest absolute Gasteiger partial charge is 0.280 e. The maximum Gasteiger partial charge on any atom is 0.280 e. The number of alkyl halides is 3. The molecule has 0 aliphatic carbocycles. The fraction of sp³-hybridized carbons (Fsp3) is 0.278. The number of hydrogen-bond donors (Lipinski definition) is 2. The van der Waals surface area contributed by atoms with Crippen LogP contribution in [0.15, 0.2) is 41.5 Å². The van der Waals surface area contributed by atoms with E-state index in [4.69, 9.17) is 5.73 Å². The summed E-state index contributed by atoms with van der Waals surface area (Å²) < 4.78 is 71.0. The van der Waals surface area contributed by atoms with E-state index < -0.39 is 53.4 Å². The van der Waals surface area contributed by atoms with E-state index in [1.807, 2.05) is 0 Å². The SMILES string of the molecule is NC1=N[C@](CF)(c2cc(NC(=O)c3ncccc3F)ccc2F)C(F)(F)CC1. The molecule has 1 aromatic heterocycles. The lowest BCUT2D eigenvalue weighted by Gasteiger charge is -2.39. The Morgan fingerprint density at radius 1 is 1.21 bits per heavy atom. The van der Waals surface area contributed by atoms with Crippen LogP contribution < -0.4 is 11.1 Å². The predicted octanol–water partition coefficient (Wildman–Crippen LogP) is 3.56. The number of nitrogens with two attached hydrogens (primary N) is 1. The molecule has 2 heterocycles. The monoisotopic (exact) mass is 398 g/mol. The van der Waals surface area contributed by atoms with Gasteiger partial charge in [-0.3, -0.25) is 9.79 Å². The number of amides is 1. The van der Waals surface area contributed by atoms with Crippen molar-refractivity contribution in [2.24, 2.45) is 10.7 Å². The second kappa shape index (κ2) is 7.17. The van der Waals surface area contributed by atoms with Crippen molar-refractivity contribution in [1.82, 2.24) is 4.98 Å². The molecular formula is C18H15F5N4O. The molecular weight excluding hydrogens is 383 g/mol. The van der Waals surface area contributed by atoms with Crippen molar-refractivity contribution in [2.75, 3.05) is 12.0 Å². The van der Waals surface area contributed by atoms with Gasteiger partial charge in [0.2, 0.25) is 0 Å². The van der Waals surface area contributed by atoms with E-state index in [1.54, 1.807) is 0 Å². The third-order valence-electron chi connectivity index (χ3n) is 4.47. The van der Waals surface area contributed by atoms with Crippen LogP contribution in [0.2, 0.25) is 0 Å². The number of carbonyl (C=O) groups excluding carboxylic acids is 1. The summed E-state index contributed by atoms with van der Waals surface area (Å²) in [5.41, 5.74) is 1.20. The van der Waals surface area contributed by atoms with Gasteiger partial charge in [0.25, 0.3) is 11.8 Å². The van der Waals surface area contributed by atoms with Gasteiger partial charge in [-0.05, 0) is 30.3 Å². The van der Waals surface area contributed by atoms with E-state index in [-0.39, 0.29) is 17.9 Å². The number of amidine groups is 1. The number of anilines is 1. The van der Waals surface area contributed by atoms with Crippen LogP contribution in [-0.4, -0.2) is 29.3 Å². The number of benzene rings is 1. The minimum absolute atomic E-state index is 0.158. The Morgan fingerprint density at radius 3 is 2.64 bits per heavy atom. The molecule has 0 bridgehead atoms. The van der Waals surface area contributed by atoms with E-state index in [2.05, 4.69) is 15.3 Å². The van der Waals surface area contributed by atoms with Crippen LogP contribution in [0.4, 0.5) is 27.6 Å². The Bertz CT molecular complexity index is 949. The predicted molar refractivity (Wildman–Crippen MR) is 92.0 cm³/mol. The van der Waals surface area contributed by atoms with Crippen LogP contribution in [-0.2, 0) is 5.54 Å². The first-order valence-electron chi connectivity index (χ1n) is 8.20. The highest BCUT2D eigenvalue weighted by Gasteiger charge is 2.58. The van der Waals surface area contributed by atoms with E-state index >= 15 is 0 Å². The number of rotatable bonds is 4. The van der Waals surface area contributed by atoms with Gasteiger partial charge in [0.15, 0.2) is 17.1 Å². The molecule has 5 nitrogen and oxygen atoms in total. The Balaban J connectivity index is 2.03. The normalized spacial score (nSPS) is 21.1. The fourth-order valence-corrected chi connectivity index (χ4v) is 2.99. The van der Waals surface area contributed by atoms with Gasteiger partial charge in [-0.1, -0.05) is 0 Å². The average molecular weight is 398 g/mol. The molecule has 0 saturated carbocycles. The molecule has 0 saturated heterocycles. The van der Waals surface area contributed by atoms with E-state index in [1.165, 1.54) is 12.3 Å². The number of halogens is 5. The zero-order chi connectivity index (χ0) is 20.5. The van der Waals surface area contributed by atoms with Crippen molar-refractivity contribution in [3.63, 3.8) is 0 Å². The molecule has 0 fully saturated rings. The summed E-state index contributed by atoms with van der Waals surface area (Å²) in [5.74, 6) is -6.96. The maximum absolute atomic E-state index is 14.6. The Morgan fingerprint density at radius 2 is 1.96 bits per heavy atom. The van der Waals surface area contributed by atoms with Crippen LogP contribution in [0, 0.1) is 11.6 Å². The topological polar surface area (TPSA) is 80.4 Å². The van der Waals surface area contributed by atoms with Crippen molar-refractivity contribution in [1.29, 1.82) is 0 Å². The largest absolute Gasteiger partial charge is 0.387 e. The fourth-order valence-electron chi connectivity index (χ4n) is 2.99. The number of carbonyl (C=O) groups is 1. The zero-order valence-electron chi connectivity index (χ0n) is 14.4. The summed E-state index contributed by atoms with van der Waals surface area (Å²) in [6, 6.07) is 4.98. The summed E-state index contributed by atoms with van der Waals surface area (Å²) in [4.78, 5) is 19.3. The molecule has 0 unspecified atom stereocenters. The van der Waals surface area contributed by atoms with Crippen molar-refractivity contribution in [3.05, 3.63) is 59.4 Å². The van der Waals surface area contributed by atoms with Gasteiger partial charge in [0.05, 0.1) is 5.84 Å².